The van der Waals surface area contributed by atoms with Crippen molar-refractivity contribution < 1.29 is 23.9 Å². The molecule has 1 saturated heterocycles. The molecule has 1 aromatic heterocycles. The molecule has 184 valence electrons. The Bertz CT molecular complexity index is 981. The standard InChI is InChI=1S/C23H32N6O5/c1-23(2,3)34-18(30)14-17(24)20(31)19(21(32)33-15-16-10-6-4-7-11-16)29-22(25-26-27-29)28-12-8-5-9-13-28/h4,6-7,10-11,17,19H,5,8-9,12-15,24H2,1-3H3. The van der Waals surface area contributed by atoms with Gasteiger partial charge in [0.25, 0.3) is 0 Å². The topological polar surface area (TPSA) is 143 Å². The maximum Gasteiger partial charge on any atom is 0.339 e. The first-order chi connectivity index (χ1) is 16.2. The monoisotopic (exact) mass is 472 g/mol. The molecular formula is C23H32N6O5. The molecule has 1 aliphatic rings. The van der Waals surface area contributed by atoms with E-state index < -0.39 is 35.4 Å². The van der Waals surface area contributed by atoms with E-state index in [1.165, 1.54) is 0 Å². The van der Waals surface area contributed by atoms with Crippen molar-refractivity contribution in [1.82, 2.24) is 20.2 Å². The summed E-state index contributed by atoms with van der Waals surface area (Å²) in [6, 6.07) is 6.25. The molecule has 0 bridgehead atoms. The van der Waals surface area contributed by atoms with E-state index in [1.807, 2.05) is 23.1 Å². The van der Waals surface area contributed by atoms with Crippen molar-refractivity contribution in [2.75, 3.05) is 18.0 Å². The smallest absolute Gasteiger partial charge is 0.339 e. The highest BCUT2D eigenvalue weighted by Crippen LogP contribution is 2.23. The van der Waals surface area contributed by atoms with Crippen LogP contribution < -0.4 is 10.6 Å². The second kappa shape index (κ2) is 11.2. The van der Waals surface area contributed by atoms with E-state index in [0.29, 0.717) is 19.0 Å². The average molecular weight is 473 g/mol. The zero-order valence-corrected chi connectivity index (χ0v) is 19.8. The summed E-state index contributed by atoms with van der Waals surface area (Å²) in [5.74, 6) is -1.93. The minimum Gasteiger partial charge on any atom is -0.460 e. The van der Waals surface area contributed by atoms with Gasteiger partial charge in [-0.1, -0.05) is 35.4 Å². The Labute approximate surface area is 198 Å². The fourth-order valence-corrected chi connectivity index (χ4v) is 3.67. The number of hydrogen-bond acceptors (Lipinski definition) is 10. The van der Waals surface area contributed by atoms with E-state index in [-0.39, 0.29) is 13.0 Å². The summed E-state index contributed by atoms with van der Waals surface area (Å²) in [7, 11) is 0. The van der Waals surface area contributed by atoms with E-state index >= 15 is 0 Å². The van der Waals surface area contributed by atoms with Crippen LogP contribution in [0.1, 0.15) is 58.1 Å². The van der Waals surface area contributed by atoms with Gasteiger partial charge in [0, 0.05) is 13.1 Å². The maximum absolute atomic E-state index is 13.4. The zero-order valence-electron chi connectivity index (χ0n) is 19.8. The van der Waals surface area contributed by atoms with Crippen LogP contribution in [-0.2, 0) is 30.5 Å². The van der Waals surface area contributed by atoms with Gasteiger partial charge in [-0.2, -0.15) is 4.68 Å². The maximum atomic E-state index is 13.4. The van der Waals surface area contributed by atoms with Crippen LogP contribution in [-0.4, -0.2) is 62.7 Å². The van der Waals surface area contributed by atoms with Gasteiger partial charge in [0.15, 0.2) is 5.78 Å². The molecule has 0 aliphatic carbocycles. The summed E-state index contributed by atoms with van der Waals surface area (Å²) < 4.78 is 11.9. The van der Waals surface area contributed by atoms with Crippen LogP contribution in [0, 0.1) is 0 Å². The van der Waals surface area contributed by atoms with Crippen molar-refractivity contribution in [2.45, 2.75) is 70.7 Å². The van der Waals surface area contributed by atoms with Crippen LogP contribution in [0.2, 0.25) is 0 Å². The molecule has 2 N–H and O–H groups in total. The van der Waals surface area contributed by atoms with Crippen molar-refractivity contribution in [3.05, 3.63) is 35.9 Å². The Morgan fingerprint density at radius 1 is 1.09 bits per heavy atom. The third-order valence-corrected chi connectivity index (χ3v) is 5.25. The number of esters is 2. The van der Waals surface area contributed by atoms with Crippen LogP contribution in [0.15, 0.2) is 30.3 Å². The van der Waals surface area contributed by atoms with E-state index in [2.05, 4.69) is 15.5 Å². The van der Waals surface area contributed by atoms with E-state index in [4.69, 9.17) is 15.2 Å². The Balaban J connectivity index is 1.83. The molecule has 1 aromatic carbocycles. The fraction of sp³-hybridized carbons (Fsp3) is 0.565. The predicted octanol–water partition coefficient (Wildman–Crippen LogP) is 1.58. The van der Waals surface area contributed by atoms with Crippen molar-refractivity contribution in [3.63, 3.8) is 0 Å². The lowest BCUT2D eigenvalue weighted by Crippen LogP contribution is -2.44. The van der Waals surface area contributed by atoms with Gasteiger partial charge < -0.3 is 20.1 Å². The quantitative estimate of drug-likeness (QED) is 0.422. The number of carbonyl (C=O) groups excluding carboxylic acids is 3. The molecule has 34 heavy (non-hydrogen) atoms. The molecule has 11 heteroatoms. The number of tetrazole rings is 1. The van der Waals surface area contributed by atoms with Gasteiger partial charge in [-0.05, 0) is 56.0 Å². The Hall–Kier alpha value is -3.34. The summed E-state index contributed by atoms with van der Waals surface area (Å²) in [6.45, 7) is 6.51. The summed E-state index contributed by atoms with van der Waals surface area (Å²) in [5, 5.41) is 11.7. The molecule has 0 radical (unpaired) electrons. The molecular weight excluding hydrogens is 440 g/mol. The van der Waals surface area contributed by atoms with Gasteiger partial charge in [0.05, 0.1) is 12.5 Å². The van der Waals surface area contributed by atoms with E-state index in [1.54, 1.807) is 32.9 Å². The van der Waals surface area contributed by atoms with Crippen LogP contribution in [0.4, 0.5) is 5.95 Å². The third-order valence-electron chi connectivity index (χ3n) is 5.25. The number of anilines is 1. The van der Waals surface area contributed by atoms with Gasteiger partial charge in [-0.25, -0.2) is 4.79 Å². The minimum absolute atomic E-state index is 0.0358. The largest absolute Gasteiger partial charge is 0.460 e. The summed E-state index contributed by atoms with van der Waals surface area (Å²) in [4.78, 5) is 40.7. The number of Topliss-reactive ketones (excluding diaryl/α,β-unsaturated/α-hetero) is 1. The Morgan fingerprint density at radius 2 is 1.76 bits per heavy atom. The Kier molecular flexibility index (Phi) is 8.32. The van der Waals surface area contributed by atoms with Crippen LogP contribution in [0.25, 0.3) is 0 Å². The average Bonchev–Trinajstić information content (AvgIpc) is 3.27. The fourth-order valence-electron chi connectivity index (χ4n) is 3.67. The highest BCUT2D eigenvalue weighted by atomic mass is 16.6. The molecule has 0 spiro atoms. The first-order valence-corrected chi connectivity index (χ1v) is 11.4. The molecule has 1 aliphatic heterocycles. The zero-order chi connectivity index (χ0) is 24.7. The van der Waals surface area contributed by atoms with Gasteiger partial charge in [0.1, 0.15) is 12.2 Å². The first kappa shape index (κ1) is 25.3. The molecule has 2 heterocycles. The van der Waals surface area contributed by atoms with Gasteiger partial charge in [0.2, 0.25) is 12.0 Å². The van der Waals surface area contributed by atoms with E-state index in [9.17, 15) is 14.4 Å². The normalized spacial score (nSPS) is 15.9. The van der Waals surface area contributed by atoms with Gasteiger partial charge >= 0.3 is 11.9 Å². The number of nitrogens with two attached hydrogens (primary N) is 1. The first-order valence-electron chi connectivity index (χ1n) is 11.4. The third kappa shape index (κ3) is 6.83. The number of carbonyl (C=O) groups is 3. The summed E-state index contributed by atoms with van der Waals surface area (Å²) in [6.07, 6.45) is 2.59. The van der Waals surface area contributed by atoms with Crippen molar-refractivity contribution in [3.8, 4) is 0 Å². The number of ether oxygens (including phenoxy) is 2. The van der Waals surface area contributed by atoms with Crippen molar-refractivity contribution >= 4 is 23.7 Å². The molecule has 2 aromatic rings. The number of aromatic nitrogens is 4. The number of benzene rings is 1. The number of rotatable bonds is 9. The molecule has 11 nitrogen and oxygen atoms in total. The molecule has 3 rings (SSSR count). The molecule has 2 unspecified atom stereocenters. The lowest BCUT2D eigenvalue weighted by Gasteiger charge is -2.28. The van der Waals surface area contributed by atoms with Gasteiger partial charge in [-0.15, -0.1) is 0 Å². The minimum atomic E-state index is -1.53. The highest BCUT2D eigenvalue weighted by Gasteiger charge is 2.39. The number of nitrogens with zero attached hydrogens (tertiary/aromatic N) is 5. The molecule has 0 saturated carbocycles. The number of hydrogen-bond donors (Lipinski definition) is 1. The predicted molar refractivity (Wildman–Crippen MR) is 123 cm³/mol. The SMILES string of the molecule is CC(C)(C)OC(=O)CC(N)C(=O)C(C(=O)OCc1ccccc1)n1nnnc1N1CCCCC1. The van der Waals surface area contributed by atoms with Crippen molar-refractivity contribution in [2.24, 2.45) is 5.73 Å². The van der Waals surface area contributed by atoms with Crippen LogP contribution >= 0.6 is 0 Å². The second-order valence-corrected chi connectivity index (χ2v) is 9.27. The molecule has 0 amide bonds. The van der Waals surface area contributed by atoms with Gasteiger partial charge in [-0.3, -0.25) is 9.59 Å². The van der Waals surface area contributed by atoms with Crippen LogP contribution in [0.3, 0.4) is 0 Å². The number of ketones is 1. The lowest BCUT2D eigenvalue weighted by atomic mass is 10.0. The highest BCUT2D eigenvalue weighted by molar-refractivity contribution is 6.04. The summed E-state index contributed by atoms with van der Waals surface area (Å²) in [5.41, 5.74) is 6.09. The number of piperidine rings is 1. The lowest BCUT2D eigenvalue weighted by molar-refractivity contribution is -0.158. The summed E-state index contributed by atoms with van der Waals surface area (Å²) >= 11 is 0. The Morgan fingerprint density at radius 3 is 2.41 bits per heavy atom. The second-order valence-electron chi connectivity index (χ2n) is 9.27. The van der Waals surface area contributed by atoms with E-state index in [0.717, 1.165) is 29.5 Å². The molecule has 1 fully saturated rings. The van der Waals surface area contributed by atoms with Crippen molar-refractivity contribution in [1.29, 1.82) is 0 Å². The van der Waals surface area contributed by atoms with Crippen LogP contribution in [0.5, 0.6) is 0 Å². The molecule has 2 atom stereocenters.